The van der Waals surface area contributed by atoms with Gasteiger partial charge in [-0.1, -0.05) is 6.92 Å². The maximum atomic E-state index is 4.98. The fourth-order valence-corrected chi connectivity index (χ4v) is 4.38. The van der Waals surface area contributed by atoms with Gasteiger partial charge in [0.15, 0.2) is 0 Å². The number of thiazole rings is 1. The minimum Gasteiger partial charge on any atom is -0.307 e. The molecule has 0 aliphatic carbocycles. The van der Waals surface area contributed by atoms with Crippen LogP contribution < -0.4 is 5.32 Å². The van der Waals surface area contributed by atoms with Gasteiger partial charge in [0, 0.05) is 49.7 Å². The normalized spacial score (nSPS) is 29.0. The first-order valence-electron chi connectivity index (χ1n) is 8.16. The number of fused-ring (bicyclic) bond motifs is 3. The van der Waals surface area contributed by atoms with Gasteiger partial charge in [0.05, 0.1) is 11.7 Å². The van der Waals surface area contributed by atoms with Gasteiger partial charge in [0.2, 0.25) is 0 Å². The van der Waals surface area contributed by atoms with Crippen molar-refractivity contribution in [1.82, 2.24) is 20.1 Å². The molecule has 5 heteroatoms. The van der Waals surface area contributed by atoms with Gasteiger partial charge < -0.3 is 5.32 Å². The molecule has 3 fully saturated rings. The Morgan fingerprint density at radius 1 is 1.24 bits per heavy atom. The van der Waals surface area contributed by atoms with Crippen LogP contribution in [-0.4, -0.2) is 53.0 Å². The van der Waals surface area contributed by atoms with E-state index in [4.69, 9.17) is 4.98 Å². The van der Waals surface area contributed by atoms with Crippen LogP contribution in [0.5, 0.6) is 0 Å². The predicted molar refractivity (Wildman–Crippen MR) is 88.8 cm³/mol. The Bertz CT molecular complexity index is 483. The van der Waals surface area contributed by atoms with E-state index in [0.29, 0.717) is 6.04 Å². The molecule has 1 aromatic heterocycles. The maximum absolute atomic E-state index is 4.98. The van der Waals surface area contributed by atoms with E-state index < -0.39 is 0 Å². The molecule has 3 aliphatic heterocycles. The Morgan fingerprint density at radius 2 is 1.95 bits per heavy atom. The van der Waals surface area contributed by atoms with Gasteiger partial charge in [-0.3, -0.25) is 9.80 Å². The topological polar surface area (TPSA) is 31.4 Å². The fourth-order valence-electron chi connectivity index (χ4n) is 3.16. The van der Waals surface area contributed by atoms with Crippen molar-refractivity contribution in [1.29, 1.82) is 0 Å². The summed E-state index contributed by atoms with van der Waals surface area (Å²) in [4.78, 5) is 11.6. The molecule has 0 radical (unpaired) electrons. The van der Waals surface area contributed by atoms with E-state index in [1.54, 1.807) is 0 Å². The van der Waals surface area contributed by atoms with Crippen molar-refractivity contribution in [3.63, 3.8) is 0 Å². The highest BCUT2D eigenvalue weighted by molar-refractivity contribution is 7.11. The number of hydrogen-bond acceptors (Lipinski definition) is 5. The molecule has 0 aromatic carbocycles. The van der Waals surface area contributed by atoms with Gasteiger partial charge in [-0.2, -0.15) is 0 Å². The van der Waals surface area contributed by atoms with Gasteiger partial charge in [-0.05, 0) is 27.2 Å². The Labute approximate surface area is 132 Å². The molecule has 3 saturated heterocycles. The average Bonchev–Trinajstić information content (AvgIpc) is 2.89. The van der Waals surface area contributed by atoms with Crippen LogP contribution in [0, 0.1) is 0 Å². The van der Waals surface area contributed by atoms with Gasteiger partial charge in [0.1, 0.15) is 5.01 Å². The van der Waals surface area contributed by atoms with Crippen LogP contribution in [0.25, 0.3) is 0 Å². The Kier molecular flexibility index (Phi) is 4.37. The minimum atomic E-state index is 0.161. The monoisotopic (exact) mass is 308 g/mol. The zero-order valence-corrected chi connectivity index (χ0v) is 14.6. The van der Waals surface area contributed by atoms with E-state index in [9.17, 15) is 0 Å². The van der Waals surface area contributed by atoms with Gasteiger partial charge in [-0.15, -0.1) is 11.3 Å². The largest absolute Gasteiger partial charge is 0.307 e. The van der Waals surface area contributed by atoms with Crippen molar-refractivity contribution < 1.29 is 0 Å². The van der Waals surface area contributed by atoms with E-state index in [1.807, 2.05) is 11.3 Å². The minimum absolute atomic E-state index is 0.161. The van der Waals surface area contributed by atoms with Crippen LogP contribution in [0.2, 0.25) is 0 Å². The lowest BCUT2D eigenvalue weighted by molar-refractivity contribution is 0.0122. The lowest BCUT2D eigenvalue weighted by Crippen LogP contribution is -2.56. The highest BCUT2D eigenvalue weighted by atomic mass is 32.1. The van der Waals surface area contributed by atoms with Crippen molar-refractivity contribution in [3.8, 4) is 0 Å². The maximum Gasteiger partial charge on any atom is 0.112 e. The highest BCUT2D eigenvalue weighted by Crippen LogP contribution is 2.33. The van der Waals surface area contributed by atoms with Crippen molar-refractivity contribution in [2.75, 3.05) is 32.7 Å². The molecule has 4 rings (SSSR count). The van der Waals surface area contributed by atoms with E-state index in [2.05, 4.69) is 42.8 Å². The molecule has 1 aromatic rings. The lowest BCUT2D eigenvalue weighted by Gasteiger charge is -2.46. The van der Waals surface area contributed by atoms with Crippen LogP contribution >= 0.6 is 11.3 Å². The molecule has 2 bridgehead atoms. The van der Waals surface area contributed by atoms with Crippen LogP contribution in [0.1, 0.15) is 49.3 Å². The van der Waals surface area contributed by atoms with Crippen LogP contribution in [0.4, 0.5) is 0 Å². The van der Waals surface area contributed by atoms with Gasteiger partial charge >= 0.3 is 0 Å². The van der Waals surface area contributed by atoms with Crippen molar-refractivity contribution in [3.05, 3.63) is 15.6 Å². The van der Waals surface area contributed by atoms with Gasteiger partial charge in [0.25, 0.3) is 0 Å². The highest BCUT2D eigenvalue weighted by Gasteiger charge is 2.35. The molecule has 1 atom stereocenters. The lowest BCUT2D eigenvalue weighted by atomic mass is 10.1. The van der Waals surface area contributed by atoms with E-state index in [1.165, 1.54) is 48.3 Å². The molecular weight excluding hydrogens is 280 g/mol. The molecule has 4 nitrogen and oxygen atoms in total. The third kappa shape index (κ3) is 3.47. The Morgan fingerprint density at radius 3 is 2.48 bits per heavy atom. The summed E-state index contributed by atoms with van der Waals surface area (Å²) in [6.45, 7) is 15.9. The predicted octanol–water partition coefficient (Wildman–Crippen LogP) is 2.27. The second-order valence-corrected chi connectivity index (χ2v) is 8.35. The molecule has 0 spiro atoms. The summed E-state index contributed by atoms with van der Waals surface area (Å²) in [7, 11) is 0. The summed E-state index contributed by atoms with van der Waals surface area (Å²) >= 11 is 1.93. The van der Waals surface area contributed by atoms with Crippen LogP contribution in [0.15, 0.2) is 0 Å². The number of aryl methyl sites for hydroxylation is 1. The first kappa shape index (κ1) is 15.4. The number of nitrogens with one attached hydrogen (secondary N) is 1. The fraction of sp³-hybridized carbons (Fsp3) is 0.812. The first-order valence-corrected chi connectivity index (χ1v) is 8.98. The smallest absolute Gasteiger partial charge is 0.112 e. The standard InChI is InChI=1S/C16H28N4S/c1-5-12-14(10-17-16(2,3)4)21-15(18-12)13-11-19-6-8-20(13)9-7-19/h13,17H,5-11H2,1-4H3. The molecule has 21 heavy (non-hydrogen) atoms. The third-order valence-electron chi connectivity index (χ3n) is 4.47. The number of rotatable bonds is 4. The van der Waals surface area contributed by atoms with E-state index >= 15 is 0 Å². The molecule has 4 heterocycles. The molecule has 1 unspecified atom stereocenters. The SMILES string of the molecule is CCc1nc(C2CN3CCN2CC3)sc1CNC(C)(C)C. The molecule has 0 saturated carbocycles. The first-order chi connectivity index (χ1) is 9.96. The van der Waals surface area contributed by atoms with Crippen molar-refractivity contribution >= 4 is 11.3 Å². The summed E-state index contributed by atoms with van der Waals surface area (Å²) in [5, 5.41) is 4.94. The number of aromatic nitrogens is 1. The quantitative estimate of drug-likeness (QED) is 0.924. The summed E-state index contributed by atoms with van der Waals surface area (Å²) < 4.78 is 0. The molecule has 0 amide bonds. The molecule has 1 N–H and O–H groups in total. The average molecular weight is 308 g/mol. The zero-order valence-electron chi connectivity index (χ0n) is 13.8. The second-order valence-electron chi connectivity index (χ2n) is 7.23. The van der Waals surface area contributed by atoms with Crippen LogP contribution in [0.3, 0.4) is 0 Å². The number of hydrogen-bond donors (Lipinski definition) is 1. The number of nitrogens with zero attached hydrogens (tertiary/aromatic N) is 3. The zero-order chi connectivity index (χ0) is 15.0. The Hall–Kier alpha value is -0.490. The van der Waals surface area contributed by atoms with Crippen molar-refractivity contribution in [2.24, 2.45) is 0 Å². The molecular formula is C16H28N4S. The second kappa shape index (κ2) is 5.95. The molecule has 3 aliphatic rings. The van der Waals surface area contributed by atoms with Gasteiger partial charge in [-0.25, -0.2) is 4.98 Å². The third-order valence-corrected chi connectivity index (χ3v) is 5.67. The van der Waals surface area contributed by atoms with E-state index in [0.717, 1.165) is 13.0 Å². The number of piperazine rings is 3. The summed E-state index contributed by atoms with van der Waals surface area (Å²) in [5.41, 5.74) is 1.46. The van der Waals surface area contributed by atoms with Crippen LogP contribution in [-0.2, 0) is 13.0 Å². The van der Waals surface area contributed by atoms with E-state index in [-0.39, 0.29) is 5.54 Å². The Balaban J connectivity index is 1.76. The summed E-state index contributed by atoms with van der Waals surface area (Å²) in [6, 6.07) is 0.534. The van der Waals surface area contributed by atoms with Crippen molar-refractivity contribution in [2.45, 2.75) is 52.2 Å². The molecule has 118 valence electrons. The summed E-state index contributed by atoms with van der Waals surface area (Å²) in [6.07, 6.45) is 1.04. The summed E-state index contributed by atoms with van der Waals surface area (Å²) in [5.74, 6) is 0.